The highest BCUT2D eigenvalue weighted by molar-refractivity contribution is 5.82. The van der Waals surface area contributed by atoms with Gasteiger partial charge in [-0.15, -0.1) is 0 Å². The summed E-state index contributed by atoms with van der Waals surface area (Å²) in [6.45, 7) is 7.26. The summed E-state index contributed by atoms with van der Waals surface area (Å²) in [5.74, 6) is -1.80. The van der Waals surface area contributed by atoms with Crippen LogP contribution in [0.4, 0.5) is 0 Å². The van der Waals surface area contributed by atoms with E-state index >= 15 is 0 Å². The summed E-state index contributed by atoms with van der Waals surface area (Å²) in [4.78, 5) is 52.0. The third-order valence-corrected chi connectivity index (χ3v) is 4.39. The fraction of sp³-hybridized carbons (Fsp3) is 0.789. The van der Waals surface area contributed by atoms with Crippen LogP contribution in [0.15, 0.2) is 0 Å². The Morgan fingerprint density at radius 1 is 1.07 bits per heavy atom. The summed E-state index contributed by atoms with van der Waals surface area (Å²) in [5, 5.41) is 1.35. The van der Waals surface area contributed by atoms with Gasteiger partial charge in [-0.25, -0.2) is 0 Å². The fourth-order valence-electron chi connectivity index (χ4n) is 2.81. The number of rotatable bonds is 10. The molecule has 1 saturated heterocycles. The van der Waals surface area contributed by atoms with Crippen molar-refractivity contribution in [2.45, 2.75) is 72.1 Å². The van der Waals surface area contributed by atoms with Crippen molar-refractivity contribution in [2.75, 3.05) is 20.2 Å². The number of carbonyl (C=O) groups excluding carboxylic acids is 4. The fourth-order valence-corrected chi connectivity index (χ4v) is 2.81. The van der Waals surface area contributed by atoms with Gasteiger partial charge >= 0.3 is 17.9 Å². The van der Waals surface area contributed by atoms with Crippen molar-refractivity contribution >= 4 is 23.7 Å². The summed E-state index contributed by atoms with van der Waals surface area (Å²) in [6, 6.07) is 0. The Morgan fingerprint density at radius 3 is 2.21 bits per heavy atom. The first-order chi connectivity index (χ1) is 13.5. The highest BCUT2D eigenvalue weighted by Gasteiger charge is 2.44. The molecular formula is C19H31NO9. The SMILES string of the molecule is CCC(C)C(=O)CN(C)OC1CC(OC(C)=O)C(OC(C)=O)C(COC(C)=O)O1. The Labute approximate surface area is 170 Å². The van der Waals surface area contributed by atoms with Crippen LogP contribution in [0, 0.1) is 5.92 Å². The highest BCUT2D eigenvalue weighted by Crippen LogP contribution is 2.27. The molecule has 1 aliphatic heterocycles. The zero-order chi connectivity index (χ0) is 22.1. The van der Waals surface area contributed by atoms with Crippen molar-refractivity contribution in [3.63, 3.8) is 0 Å². The molecule has 0 aromatic heterocycles. The van der Waals surface area contributed by atoms with E-state index in [1.807, 2.05) is 13.8 Å². The molecule has 0 amide bonds. The van der Waals surface area contributed by atoms with E-state index in [1.54, 1.807) is 7.05 Å². The van der Waals surface area contributed by atoms with E-state index in [2.05, 4.69) is 0 Å². The molecule has 0 spiro atoms. The van der Waals surface area contributed by atoms with E-state index in [0.29, 0.717) is 0 Å². The molecule has 0 bridgehead atoms. The van der Waals surface area contributed by atoms with E-state index in [0.717, 1.165) is 6.42 Å². The van der Waals surface area contributed by atoms with Crippen molar-refractivity contribution in [3.8, 4) is 0 Å². The van der Waals surface area contributed by atoms with Crippen molar-refractivity contribution in [2.24, 2.45) is 5.92 Å². The molecule has 29 heavy (non-hydrogen) atoms. The molecule has 5 unspecified atom stereocenters. The largest absolute Gasteiger partial charge is 0.463 e. The van der Waals surface area contributed by atoms with Crippen LogP contribution in [0.3, 0.4) is 0 Å². The summed E-state index contributed by atoms with van der Waals surface area (Å²) >= 11 is 0. The molecule has 10 nitrogen and oxygen atoms in total. The van der Waals surface area contributed by atoms with Crippen LogP contribution < -0.4 is 0 Å². The maximum absolute atomic E-state index is 12.1. The minimum Gasteiger partial charge on any atom is -0.463 e. The summed E-state index contributed by atoms with van der Waals surface area (Å²) in [5.41, 5.74) is 0. The number of nitrogens with zero attached hydrogens (tertiary/aromatic N) is 1. The molecular weight excluding hydrogens is 386 g/mol. The van der Waals surface area contributed by atoms with Gasteiger partial charge in [0, 0.05) is 40.2 Å². The summed E-state index contributed by atoms with van der Waals surface area (Å²) < 4.78 is 21.3. The Bertz CT molecular complexity index is 594. The van der Waals surface area contributed by atoms with E-state index in [4.69, 9.17) is 23.8 Å². The molecule has 1 heterocycles. The lowest BCUT2D eigenvalue weighted by Crippen LogP contribution is -2.55. The number of ether oxygens (including phenoxy) is 4. The molecule has 1 aliphatic rings. The average Bonchev–Trinajstić information content (AvgIpc) is 2.60. The van der Waals surface area contributed by atoms with Crippen LogP contribution in [-0.2, 0) is 43.0 Å². The van der Waals surface area contributed by atoms with E-state index in [-0.39, 0.29) is 31.3 Å². The smallest absolute Gasteiger partial charge is 0.303 e. The van der Waals surface area contributed by atoms with E-state index in [9.17, 15) is 19.2 Å². The molecule has 10 heteroatoms. The summed E-state index contributed by atoms with van der Waals surface area (Å²) in [7, 11) is 1.59. The second-order valence-electron chi connectivity index (χ2n) is 7.03. The predicted octanol–water partition coefficient (Wildman–Crippen LogP) is 1.01. The number of esters is 3. The first kappa shape index (κ1) is 25.0. The maximum Gasteiger partial charge on any atom is 0.303 e. The van der Waals surface area contributed by atoms with Crippen LogP contribution >= 0.6 is 0 Å². The van der Waals surface area contributed by atoms with Crippen LogP contribution in [0.1, 0.15) is 47.5 Å². The first-order valence-corrected chi connectivity index (χ1v) is 9.57. The second kappa shape index (κ2) is 11.8. The number of likely N-dealkylation sites (N-methyl/N-ethyl adjacent to an activating group) is 1. The summed E-state index contributed by atoms with van der Waals surface area (Å²) in [6.07, 6.45) is -2.87. The monoisotopic (exact) mass is 417 g/mol. The lowest BCUT2D eigenvalue weighted by molar-refractivity contribution is -0.325. The molecule has 5 atom stereocenters. The number of hydrogen-bond donors (Lipinski definition) is 0. The molecule has 0 saturated carbocycles. The van der Waals surface area contributed by atoms with Gasteiger partial charge in [0.15, 0.2) is 18.2 Å². The minimum absolute atomic E-state index is 0.0107. The molecule has 0 N–H and O–H groups in total. The van der Waals surface area contributed by atoms with E-state index in [1.165, 1.54) is 25.8 Å². The van der Waals surface area contributed by atoms with Crippen LogP contribution in [0.5, 0.6) is 0 Å². The van der Waals surface area contributed by atoms with Crippen molar-refractivity contribution in [1.82, 2.24) is 5.06 Å². The number of hydrogen-bond acceptors (Lipinski definition) is 10. The molecule has 0 aromatic carbocycles. The van der Waals surface area contributed by atoms with Gasteiger partial charge in [-0.2, -0.15) is 5.06 Å². The van der Waals surface area contributed by atoms with Gasteiger partial charge in [0.1, 0.15) is 18.8 Å². The van der Waals surface area contributed by atoms with Crippen molar-refractivity contribution in [3.05, 3.63) is 0 Å². The average molecular weight is 417 g/mol. The molecule has 0 aliphatic carbocycles. The lowest BCUT2D eigenvalue weighted by Gasteiger charge is -2.40. The highest BCUT2D eigenvalue weighted by atomic mass is 16.8. The van der Waals surface area contributed by atoms with Crippen molar-refractivity contribution in [1.29, 1.82) is 0 Å². The molecule has 0 aromatic rings. The molecule has 166 valence electrons. The topological polar surface area (TPSA) is 118 Å². The quantitative estimate of drug-likeness (QED) is 0.289. The zero-order valence-corrected chi connectivity index (χ0v) is 17.8. The van der Waals surface area contributed by atoms with Gasteiger partial charge in [0.25, 0.3) is 0 Å². The normalized spacial score (nSPS) is 25.2. The third-order valence-electron chi connectivity index (χ3n) is 4.39. The van der Waals surface area contributed by atoms with Gasteiger partial charge < -0.3 is 18.9 Å². The molecule has 1 fully saturated rings. The Balaban J connectivity index is 2.90. The Morgan fingerprint density at radius 2 is 1.69 bits per heavy atom. The van der Waals surface area contributed by atoms with Crippen LogP contribution in [-0.4, -0.2) is 73.6 Å². The predicted molar refractivity (Wildman–Crippen MR) is 99.2 cm³/mol. The van der Waals surface area contributed by atoms with Gasteiger partial charge in [0.05, 0.1) is 6.54 Å². The Hall–Kier alpha value is -2.04. The lowest BCUT2D eigenvalue weighted by atomic mass is 10.0. The van der Waals surface area contributed by atoms with Crippen LogP contribution in [0.2, 0.25) is 0 Å². The number of carbonyl (C=O) groups is 4. The van der Waals surface area contributed by atoms with E-state index < -0.39 is 42.5 Å². The maximum atomic E-state index is 12.1. The van der Waals surface area contributed by atoms with Gasteiger partial charge in [0.2, 0.25) is 0 Å². The number of ketones is 1. The molecule has 1 rings (SSSR count). The first-order valence-electron chi connectivity index (χ1n) is 9.57. The van der Waals surface area contributed by atoms with Crippen molar-refractivity contribution < 1.29 is 43.0 Å². The van der Waals surface area contributed by atoms with Crippen LogP contribution in [0.25, 0.3) is 0 Å². The molecule has 0 radical (unpaired) electrons. The van der Waals surface area contributed by atoms with Gasteiger partial charge in [-0.1, -0.05) is 13.8 Å². The number of Topliss-reactive ketones (excluding diaryl/α,β-unsaturated/α-hetero) is 1. The Kier molecular flexibility index (Phi) is 10.2. The standard InChI is InChI=1S/C19H31NO9/c1-7-11(2)15(24)9-20(6)29-18-8-16(26-13(4)22)19(27-14(5)23)17(28-18)10-25-12(3)21/h11,16-19H,7-10H2,1-6H3. The minimum atomic E-state index is -0.970. The zero-order valence-electron chi connectivity index (χ0n) is 17.8. The number of hydroxylamine groups is 2. The van der Waals surface area contributed by atoms with Gasteiger partial charge in [-0.3, -0.25) is 24.0 Å². The van der Waals surface area contributed by atoms with Gasteiger partial charge in [-0.05, 0) is 6.42 Å². The third kappa shape index (κ3) is 8.88. The second-order valence-corrected chi connectivity index (χ2v) is 7.03.